The molecule has 2 heterocycles. The summed E-state index contributed by atoms with van der Waals surface area (Å²) in [5.74, 6) is -1.49. The number of aromatic nitrogens is 3. The summed E-state index contributed by atoms with van der Waals surface area (Å²) in [5.41, 5.74) is 0.0982. The Balaban J connectivity index is 1.90. The molecule has 0 N–H and O–H groups in total. The molecule has 7 heteroatoms. The second kappa shape index (κ2) is 7.37. The fourth-order valence-corrected chi connectivity index (χ4v) is 4.20. The Kier molecular flexibility index (Phi) is 4.93. The highest BCUT2D eigenvalue weighted by Crippen LogP contribution is 2.49. The first-order chi connectivity index (χ1) is 13.1. The summed E-state index contributed by atoms with van der Waals surface area (Å²) in [6, 6.07) is 11.1. The van der Waals surface area contributed by atoms with Crippen molar-refractivity contribution in [2.75, 3.05) is 6.61 Å². The molecule has 0 radical (unpaired) electrons. The van der Waals surface area contributed by atoms with Crippen molar-refractivity contribution in [2.45, 2.75) is 30.9 Å². The Hall–Kier alpha value is -2.31. The quantitative estimate of drug-likeness (QED) is 0.649. The van der Waals surface area contributed by atoms with Gasteiger partial charge in [-0.25, -0.2) is 18.4 Å². The molecule has 1 aliphatic heterocycles. The van der Waals surface area contributed by atoms with E-state index in [0.717, 1.165) is 24.5 Å². The molecule has 1 aliphatic rings. The molecule has 4 nitrogen and oxygen atoms in total. The van der Waals surface area contributed by atoms with Crippen molar-refractivity contribution in [3.05, 3.63) is 82.9 Å². The molecule has 0 spiro atoms. The largest absolute Gasteiger partial charge is 0.368 e. The van der Waals surface area contributed by atoms with Crippen molar-refractivity contribution in [3.63, 3.8) is 0 Å². The van der Waals surface area contributed by atoms with Gasteiger partial charge in [-0.1, -0.05) is 35.9 Å². The number of nitrogens with zero attached hydrogens (tertiary/aromatic N) is 3. The van der Waals surface area contributed by atoms with Crippen molar-refractivity contribution in [1.82, 2.24) is 14.8 Å². The fourth-order valence-electron chi connectivity index (χ4n) is 3.93. The average Bonchev–Trinajstić information content (AvgIpc) is 3.15. The first-order valence-corrected chi connectivity index (χ1v) is 9.14. The highest BCUT2D eigenvalue weighted by molar-refractivity contribution is 6.31. The Morgan fingerprint density at radius 2 is 2.07 bits per heavy atom. The molecule has 0 bridgehead atoms. The molecule has 1 fully saturated rings. The van der Waals surface area contributed by atoms with Crippen LogP contribution in [0.1, 0.15) is 29.9 Å². The topological polar surface area (TPSA) is 39.9 Å². The molecule has 27 heavy (non-hydrogen) atoms. The summed E-state index contributed by atoms with van der Waals surface area (Å²) in [7, 11) is 0. The molecule has 2 atom stereocenters. The molecule has 3 aromatic rings. The molecule has 4 rings (SSSR count). The SMILES string of the molecule is Fc1ccc([C@]2(Cn3cncn3)OCCC[C@H]2c2ccccc2Cl)c(F)c1. The molecule has 1 saturated heterocycles. The van der Waals surface area contributed by atoms with E-state index >= 15 is 0 Å². The van der Waals surface area contributed by atoms with E-state index in [4.69, 9.17) is 16.3 Å². The first kappa shape index (κ1) is 18.1. The number of benzene rings is 2. The Bertz CT molecular complexity index is 935. The van der Waals surface area contributed by atoms with Crippen LogP contribution in [-0.2, 0) is 16.9 Å². The zero-order chi connectivity index (χ0) is 18.9. The van der Waals surface area contributed by atoms with E-state index < -0.39 is 17.2 Å². The minimum Gasteiger partial charge on any atom is -0.368 e. The monoisotopic (exact) mass is 389 g/mol. The van der Waals surface area contributed by atoms with Crippen molar-refractivity contribution in [2.24, 2.45) is 0 Å². The van der Waals surface area contributed by atoms with Gasteiger partial charge in [0.05, 0.1) is 6.54 Å². The standard InChI is InChI=1S/C20H18ClF2N3O/c21-18-6-2-1-4-15(18)16-5-3-9-27-20(16,11-26-13-24-12-25-26)17-8-7-14(22)10-19(17)23/h1-2,4,6-8,10,12-13,16H,3,5,9,11H2/t16-,20+/m0/s1. The number of hydrogen-bond acceptors (Lipinski definition) is 3. The van der Waals surface area contributed by atoms with Crippen LogP contribution in [0.5, 0.6) is 0 Å². The summed E-state index contributed by atoms with van der Waals surface area (Å²) in [6.07, 6.45) is 4.56. The molecule has 1 aromatic heterocycles. The Morgan fingerprint density at radius 1 is 1.22 bits per heavy atom. The Labute approximate surface area is 160 Å². The molecular weight excluding hydrogens is 372 g/mol. The van der Waals surface area contributed by atoms with Crippen LogP contribution in [0, 0.1) is 11.6 Å². The molecule has 0 aliphatic carbocycles. The van der Waals surface area contributed by atoms with Gasteiger partial charge in [-0.3, -0.25) is 0 Å². The predicted molar refractivity (Wildman–Crippen MR) is 97.4 cm³/mol. The zero-order valence-corrected chi connectivity index (χ0v) is 15.2. The van der Waals surface area contributed by atoms with Crippen LogP contribution < -0.4 is 0 Å². The van der Waals surface area contributed by atoms with E-state index in [-0.39, 0.29) is 12.5 Å². The van der Waals surface area contributed by atoms with Crippen LogP contribution in [0.4, 0.5) is 8.78 Å². The van der Waals surface area contributed by atoms with E-state index in [0.29, 0.717) is 17.2 Å². The molecule has 0 unspecified atom stereocenters. The minimum absolute atomic E-state index is 0.218. The highest BCUT2D eigenvalue weighted by atomic mass is 35.5. The van der Waals surface area contributed by atoms with E-state index in [1.807, 2.05) is 24.3 Å². The fraction of sp³-hybridized carbons (Fsp3) is 0.300. The molecule has 0 saturated carbocycles. The molecule has 0 amide bonds. The summed E-state index contributed by atoms with van der Waals surface area (Å²) in [5, 5.41) is 4.77. The molecule has 140 valence electrons. The van der Waals surface area contributed by atoms with E-state index in [1.165, 1.54) is 18.5 Å². The van der Waals surface area contributed by atoms with Gasteiger partial charge in [-0.2, -0.15) is 5.10 Å². The van der Waals surface area contributed by atoms with Gasteiger partial charge < -0.3 is 4.74 Å². The van der Waals surface area contributed by atoms with E-state index in [2.05, 4.69) is 10.1 Å². The maximum absolute atomic E-state index is 14.9. The lowest BCUT2D eigenvalue weighted by molar-refractivity contribution is -0.115. The third-order valence-corrected chi connectivity index (χ3v) is 5.44. The van der Waals surface area contributed by atoms with Crippen LogP contribution in [0.2, 0.25) is 5.02 Å². The predicted octanol–water partition coefficient (Wildman–Crippen LogP) is 4.70. The summed E-state index contributed by atoms with van der Waals surface area (Å²) >= 11 is 6.48. The third kappa shape index (κ3) is 3.35. The van der Waals surface area contributed by atoms with Gasteiger partial charge in [0.2, 0.25) is 0 Å². The normalized spacial score (nSPS) is 22.7. The summed E-state index contributed by atoms with van der Waals surface area (Å²) in [4.78, 5) is 3.98. The van der Waals surface area contributed by atoms with Crippen LogP contribution >= 0.6 is 11.6 Å². The maximum Gasteiger partial charge on any atom is 0.137 e. The lowest BCUT2D eigenvalue weighted by Gasteiger charge is -2.45. The lowest BCUT2D eigenvalue weighted by atomic mass is 9.73. The van der Waals surface area contributed by atoms with Gasteiger partial charge >= 0.3 is 0 Å². The summed E-state index contributed by atoms with van der Waals surface area (Å²) < 4.78 is 36.3. The number of hydrogen-bond donors (Lipinski definition) is 0. The molecular formula is C20H18ClF2N3O. The van der Waals surface area contributed by atoms with Crippen molar-refractivity contribution in [1.29, 1.82) is 0 Å². The lowest BCUT2D eigenvalue weighted by Crippen LogP contribution is -2.45. The summed E-state index contributed by atoms with van der Waals surface area (Å²) in [6.45, 7) is 0.706. The number of ether oxygens (including phenoxy) is 1. The van der Waals surface area contributed by atoms with E-state index in [1.54, 1.807) is 11.0 Å². The van der Waals surface area contributed by atoms with Crippen molar-refractivity contribution >= 4 is 11.6 Å². The van der Waals surface area contributed by atoms with Crippen molar-refractivity contribution in [3.8, 4) is 0 Å². The minimum atomic E-state index is -1.07. The molecule has 2 aromatic carbocycles. The average molecular weight is 390 g/mol. The van der Waals surface area contributed by atoms with Gasteiger partial charge in [-0.05, 0) is 30.5 Å². The third-order valence-electron chi connectivity index (χ3n) is 5.09. The van der Waals surface area contributed by atoms with Crippen LogP contribution in [0.3, 0.4) is 0 Å². The van der Waals surface area contributed by atoms with Gasteiger partial charge in [0.25, 0.3) is 0 Å². The van der Waals surface area contributed by atoms with Crippen molar-refractivity contribution < 1.29 is 13.5 Å². The van der Waals surface area contributed by atoms with Gasteiger partial charge in [0, 0.05) is 29.2 Å². The van der Waals surface area contributed by atoms with Crippen LogP contribution in [0.25, 0.3) is 0 Å². The van der Waals surface area contributed by atoms with Gasteiger partial charge in [0.1, 0.15) is 29.9 Å². The second-order valence-electron chi connectivity index (χ2n) is 6.67. The Morgan fingerprint density at radius 3 is 2.81 bits per heavy atom. The van der Waals surface area contributed by atoms with Gasteiger partial charge in [-0.15, -0.1) is 0 Å². The number of halogens is 3. The first-order valence-electron chi connectivity index (χ1n) is 8.76. The van der Waals surface area contributed by atoms with Crippen LogP contribution in [-0.4, -0.2) is 21.4 Å². The van der Waals surface area contributed by atoms with E-state index in [9.17, 15) is 8.78 Å². The van der Waals surface area contributed by atoms with Crippen LogP contribution in [0.15, 0.2) is 55.1 Å². The maximum atomic E-state index is 14.9. The highest BCUT2D eigenvalue weighted by Gasteiger charge is 2.47. The second-order valence-corrected chi connectivity index (χ2v) is 7.08. The zero-order valence-electron chi connectivity index (χ0n) is 14.5. The smallest absolute Gasteiger partial charge is 0.137 e. The van der Waals surface area contributed by atoms with Gasteiger partial charge in [0.15, 0.2) is 0 Å². The number of rotatable bonds is 4.